The molecule has 0 saturated heterocycles. The smallest absolute Gasteiger partial charge is 0.150 e. The molecule has 2 N–H and O–H groups in total. The molecular formula is C10H23NO2S. The van der Waals surface area contributed by atoms with Crippen LogP contribution in [0.4, 0.5) is 0 Å². The maximum atomic E-state index is 11.4. The van der Waals surface area contributed by atoms with Crippen LogP contribution in [-0.4, -0.2) is 25.5 Å². The minimum atomic E-state index is -2.86. The van der Waals surface area contributed by atoms with Crippen LogP contribution >= 0.6 is 0 Å². The van der Waals surface area contributed by atoms with Gasteiger partial charge in [0.1, 0.15) is 9.84 Å². The summed E-state index contributed by atoms with van der Waals surface area (Å²) >= 11 is 0. The van der Waals surface area contributed by atoms with E-state index in [1.54, 1.807) is 0 Å². The van der Waals surface area contributed by atoms with Crippen LogP contribution in [0.1, 0.15) is 46.5 Å². The maximum Gasteiger partial charge on any atom is 0.150 e. The van der Waals surface area contributed by atoms with Gasteiger partial charge in [-0.3, -0.25) is 0 Å². The van der Waals surface area contributed by atoms with Crippen molar-refractivity contribution in [3.63, 3.8) is 0 Å². The van der Waals surface area contributed by atoms with Gasteiger partial charge >= 0.3 is 0 Å². The fraction of sp³-hybridized carbons (Fsp3) is 1.00. The summed E-state index contributed by atoms with van der Waals surface area (Å²) in [5.74, 6) is 0.517. The third-order valence-corrected chi connectivity index (χ3v) is 4.18. The van der Waals surface area contributed by atoms with E-state index >= 15 is 0 Å². The summed E-state index contributed by atoms with van der Waals surface area (Å²) < 4.78 is 22.9. The second-order valence-corrected chi connectivity index (χ2v) is 6.61. The van der Waals surface area contributed by atoms with Crippen molar-refractivity contribution in [2.45, 2.75) is 52.0 Å². The van der Waals surface area contributed by atoms with Crippen molar-refractivity contribution < 1.29 is 8.42 Å². The molecule has 0 aliphatic carbocycles. The van der Waals surface area contributed by atoms with Crippen molar-refractivity contribution >= 4 is 9.84 Å². The van der Waals surface area contributed by atoms with Crippen LogP contribution < -0.4 is 5.73 Å². The van der Waals surface area contributed by atoms with Gasteiger partial charge in [-0.2, -0.15) is 0 Å². The van der Waals surface area contributed by atoms with E-state index in [-0.39, 0.29) is 17.0 Å². The van der Waals surface area contributed by atoms with E-state index in [0.29, 0.717) is 12.8 Å². The molecule has 0 fully saturated rings. The zero-order valence-electron chi connectivity index (χ0n) is 9.54. The number of sulfone groups is 1. The van der Waals surface area contributed by atoms with Gasteiger partial charge in [-0.15, -0.1) is 0 Å². The van der Waals surface area contributed by atoms with Gasteiger partial charge in [0.15, 0.2) is 0 Å². The first-order valence-electron chi connectivity index (χ1n) is 5.32. The molecule has 0 aromatic rings. The Morgan fingerprint density at radius 3 is 2.07 bits per heavy atom. The summed E-state index contributed by atoms with van der Waals surface area (Å²) in [6.07, 6.45) is 3.15. The van der Waals surface area contributed by atoms with E-state index in [0.717, 1.165) is 12.8 Å². The molecule has 0 amide bonds. The van der Waals surface area contributed by atoms with Crippen LogP contribution in [-0.2, 0) is 9.84 Å². The van der Waals surface area contributed by atoms with Gasteiger partial charge in [0.2, 0.25) is 0 Å². The zero-order valence-corrected chi connectivity index (χ0v) is 10.4. The van der Waals surface area contributed by atoms with Crippen LogP contribution in [0, 0.1) is 0 Å². The van der Waals surface area contributed by atoms with Crippen molar-refractivity contribution in [3.05, 3.63) is 0 Å². The Hall–Kier alpha value is -0.0900. The molecule has 4 heteroatoms. The first-order chi connectivity index (χ1) is 6.33. The molecular weight excluding hydrogens is 198 g/mol. The Bertz CT molecular complexity index is 245. The highest BCUT2D eigenvalue weighted by molar-refractivity contribution is 7.91. The standard InChI is InChI=1S/C10H23NO2S/c1-4-6-10(3,11)7-9-14(12,13)8-5-2/h4-9,11H2,1-3H3. The third kappa shape index (κ3) is 6.38. The lowest BCUT2D eigenvalue weighted by Crippen LogP contribution is -2.38. The van der Waals surface area contributed by atoms with E-state index in [9.17, 15) is 8.42 Å². The summed E-state index contributed by atoms with van der Waals surface area (Å²) in [7, 11) is -2.86. The molecule has 0 aliphatic heterocycles. The van der Waals surface area contributed by atoms with Crippen LogP contribution in [0.3, 0.4) is 0 Å². The number of nitrogens with two attached hydrogens (primary N) is 1. The van der Waals surface area contributed by atoms with Gasteiger partial charge in [-0.25, -0.2) is 8.42 Å². The van der Waals surface area contributed by atoms with Crippen molar-refractivity contribution in [1.82, 2.24) is 0 Å². The predicted molar refractivity (Wildman–Crippen MR) is 61.1 cm³/mol. The van der Waals surface area contributed by atoms with Crippen molar-refractivity contribution in [3.8, 4) is 0 Å². The lowest BCUT2D eigenvalue weighted by Gasteiger charge is -2.23. The lowest BCUT2D eigenvalue weighted by molar-refractivity contribution is 0.413. The Balaban J connectivity index is 4.04. The van der Waals surface area contributed by atoms with Gasteiger partial charge in [0, 0.05) is 11.3 Å². The van der Waals surface area contributed by atoms with E-state index in [2.05, 4.69) is 6.92 Å². The molecule has 0 saturated carbocycles. The summed E-state index contributed by atoms with van der Waals surface area (Å²) in [5.41, 5.74) is 5.64. The molecule has 0 radical (unpaired) electrons. The van der Waals surface area contributed by atoms with Gasteiger partial charge in [-0.05, 0) is 26.2 Å². The van der Waals surface area contributed by atoms with Crippen molar-refractivity contribution in [2.75, 3.05) is 11.5 Å². The fourth-order valence-corrected chi connectivity index (χ4v) is 3.10. The first-order valence-corrected chi connectivity index (χ1v) is 7.14. The molecule has 0 aromatic carbocycles. The first kappa shape index (κ1) is 13.9. The largest absolute Gasteiger partial charge is 0.325 e. The highest BCUT2D eigenvalue weighted by Crippen LogP contribution is 2.14. The zero-order chi connectivity index (χ0) is 11.2. The Labute approximate surface area is 88.0 Å². The number of hydrogen-bond acceptors (Lipinski definition) is 3. The van der Waals surface area contributed by atoms with Crippen LogP contribution in [0.25, 0.3) is 0 Å². The second kappa shape index (κ2) is 5.71. The molecule has 0 rings (SSSR count). The Morgan fingerprint density at radius 2 is 1.64 bits per heavy atom. The normalized spacial score (nSPS) is 16.6. The van der Waals surface area contributed by atoms with Gasteiger partial charge in [-0.1, -0.05) is 20.3 Å². The monoisotopic (exact) mass is 221 g/mol. The number of rotatable bonds is 7. The van der Waals surface area contributed by atoms with Crippen LogP contribution in [0.15, 0.2) is 0 Å². The highest BCUT2D eigenvalue weighted by Gasteiger charge is 2.20. The second-order valence-electron chi connectivity index (χ2n) is 4.31. The molecule has 0 heterocycles. The molecule has 0 aromatic heterocycles. The molecule has 0 aliphatic rings. The van der Waals surface area contributed by atoms with Crippen LogP contribution in [0.2, 0.25) is 0 Å². The van der Waals surface area contributed by atoms with Crippen LogP contribution in [0.5, 0.6) is 0 Å². The van der Waals surface area contributed by atoms with Crippen molar-refractivity contribution in [2.24, 2.45) is 5.73 Å². The van der Waals surface area contributed by atoms with Crippen molar-refractivity contribution in [1.29, 1.82) is 0 Å². The molecule has 0 bridgehead atoms. The average molecular weight is 221 g/mol. The average Bonchev–Trinajstić information content (AvgIpc) is 2.01. The van der Waals surface area contributed by atoms with Gasteiger partial charge in [0.25, 0.3) is 0 Å². The lowest BCUT2D eigenvalue weighted by atomic mass is 9.95. The molecule has 0 spiro atoms. The SMILES string of the molecule is CCCC(C)(N)CCS(=O)(=O)CCC. The van der Waals surface area contributed by atoms with E-state index in [4.69, 9.17) is 5.73 Å². The van der Waals surface area contributed by atoms with Gasteiger partial charge < -0.3 is 5.73 Å². The summed E-state index contributed by atoms with van der Waals surface area (Å²) in [4.78, 5) is 0. The maximum absolute atomic E-state index is 11.4. The minimum absolute atomic E-state index is 0.230. The molecule has 14 heavy (non-hydrogen) atoms. The molecule has 1 unspecified atom stereocenters. The highest BCUT2D eigenvalue weighted by atomic mass is 32.2. The van der Waals surface area contributed by atoms with E-state index in [1.807, 2.05) is 13.8 Å². The summed E-state index contributed by atoms with van der Waals surface area (Å²) in [6, 6.07) is 0. The summed E-state index contributed by atoms with van der Waals surface area (Å²) in [6.45, 7) is 5.87. The number of hydrogen-bond donors (Lipinski definition) is 1. The topological polar surface area (TPSA) is 60.2 Å². The Morgan fingerprint density at radius 1 is 1.07 bits per heavy atom. The minimum Gasteiger partial charge on any atom is -0.325 e. The van der Waals surface area contributed by atoms with E-state index in [1.165, 1.54) is 0 Å². The quantitative estimate of drug-likeness (QED) is 0.712. The third-order valence-electron chi connectivity index (χ3n) is 2.32. The predicted octanol–water partition coefficient (Wildman–Crippen LogP) is 1.72. The molecule has 86 valence electrons. The fourth-order valence-electron chi connectivity index (χ4n) is 1.50. The van der Waals surface area contributed by atoms with E-state index < -0.39 is 9.84 Å². The van der Waals surface area contributed by atoms with Gasteiger partial charge in [0.05, 0.1) is 5.75 Å². The molecule has 3 nitrogen and oxygen atoms in total. The molecule has 1 atom stereocenters. The Kier molecular flexibility index (Phi) is 5.67. The summed E-state index contributed by atoms with van der Waals surface area (Å²) in [5, 5.41) is 0.